The Bertz CT molecular complexity index is 1310. The van der Waals surface area contributed by atoms with Gasteiger partial charge in [0.2, 0.25) is 0 Å². The minimum absolute atomic E-state index is 0.0287. The lowest BCUT2D eigenvalue weighted by Gasteiger charge is -2.25. The van der Waals surface area contributed by atoms with E-state index in [1.807, 2.05) is 37.4 Å². The average molecular weight is 611 g/mol. The Morgan fingerprint density at radius 2 is 1.88 bits per heavy atom. The molecule has 2 N–H and O–H groups in total. The number of carboxylic acid groups (broad SMARTS) is 1. The van der Waals surface area contributed by atoms with Crippen molar-refractivity contribution in [3.05, 3.63) is 82.7 Å². The molecule has 0 saturated carbocycles. The molecular weight excluding hydrogens is 575 g/mol. The first-order valence-corrected chi connectivity index (χ1v) is 15.0. The fourth-order valence-electron chi connectivity index (χ4n) is 4.83. The van der Waals surface area contributed by atoms with E-state index in [9.17, 15) is 36.6 Å². The minimum atomic E-state index is -4.33. The smallest absolute Gasteiger partial charge is 0.389 e. The van der Waals surface area contributed by atoms with Crippen LogP contribution in [0.25, 0.3) is 11.1 Å². The van der Waals surface area contributed by atoms with Gasteiger partial charge in [-0.15, -0.1) is 0 Å². The van der Waals surface area contributed by atoms with Crippen LogP contribution in [0.5, 0.6) is 0 Å². The largest absolute Gasteiger partial charge is 0.480 e. The molecule has 0 aromatic heterocycles. The number of hydrogen-bond donors (Lipinski definition) is 2. The Morgan fingerprint density at radius 3 is 2.52 bits per heavy atom. The summed E-state index contributed by atoms with van der Waals surface area (Å²) in [6.45, 7) is 2.10. The van der Waals surface area contributed by atoms with Crippen molar-refractivity contribution < 1.29 is 36.6 Å². The zero-order valence-electron chi connectivity index (χ0n) is 23.5. The molecule has 0 heterocycles. The maximum Gasteiger partial charge on any atom is 0.389 e. The third-order valence-electron chi connectivity index (χ3n) is 6.85. The number of aliphatic carboxylic acids is 1. The van der Waals surface area contributed by atoms with Crippen LogP contribution < -0.4 is 5.32 Å². The average Bonchev–Trinajstić information content (AvgIpc) is 2.89. The fraction of sp³-hybridized carbons (Fsp3) is 0.419. The van der Waals surface area contributed by atoms with Gasteiger partial charge in [-0.3, -0.25) is 9.69 Å². The lowest BCUT2D eigenvalue weighted by Crippen LogP contribution is -2.41. The predicted molar refractivity (Wildman–Crippen MR) is 156 cm³/mol. The number of rotatable bonds is 14. The Hall–Kier alpha value is -3.18. The molecule has 2 aromatic rings. The maximum absolute atomic E-state index is 14.0. The van der Waals surface area contributed by atoms with Crippen molar-refractivity contribution in [3.63, 3.8) is 0 Å². The summed E-state index contributed by atoms with van der Waals surface area (Å²) >= 11 is 1.47. The van der Waals surface area contributed by atoms with E-state index in [0.29, 0.717) is 22.5 Å². The standard InChI is InChI=1S/C31H35F5N2O3S/c1-20-6-3-4-7-25(20)27-16-21(8-9-26(27)29(39)37-28(30(40)41)10-13-42-2)18-38(12-5-11-31(34,35)36)19-22-14-23(32)17-24(33)15-22/h3-4,6-9,14-16,23,28H,5,10-13,17-19H2,1-2H3,(H,37,39)(H,40,41)/t23?,28-/m0/s1. The van der Waals surface area contributed by atoms with Gasteiger partial charge >= 0.3 is 12.1 Å². The van der Waals surface area contributed by atoms with Crippen LogP contribution in [0.4, 0.5) is 22.0 Å². The van der Waals surface area contributed by atoms with E-state index in [2.05, 4.69) is 5.32 Å². The number of carbonyl (C=O) groups is 2. The molecule has 1 unspecified atom stereocenters. The van der Waals surface area contributed by atoms with Crippen molar-refractivity contribution in [3.8, 4) is 11.1 Å². The summed E-state index contributed by atoms with van der Waals surface area (Å²) in [6, 6.07) is 11.3. The first-order valence-electron chi connectivity index (χ1n) is 13.6. The molecule has 0 saturated heterocycles. The summed E-state index contributed by atoms with van der Waals surface area (Å²) in [5.41, 5.74) is 3.42. The summed E-state index contributed by atoms with van der Waals surface area (Å²) in [5.74, 6) is -1.77. The summed E-state index contributed by atoms with van der Waals surface area (Å²) in [6.07, 6.45) is -2.79. The van der Waals surface area contributed by atoms with Crippen molar-refractivity contribution in [2.24, 2.45) is 0 Å². The molecule has 2 atom stereocenters. The number of allylic oxidation sites excluding steroid dienone is 2. The van der Waals surface area contributed by atoms with E-state index in [-0.39, 0.29) is 44.5 Å². The molecule has 0 spiro atoms. The lowest BCUT2D eigenvalue weighted by molar-refractivity contribution is -0.139. The van der Waals surface area contributed by atoms with Crippen LogP contribution in [0.3, 0.4) is 0 Å². The van der Waals surface area contributed by atoms with Gasteiger partial charge in [0.25, 0.3) is 5.91 Å². The number of alkyl halides is 4. The number of carbonyl (C=O) groups excluding carboxylic acids is 1. The van der Waals surface area contributed by atoms with Crippen LogP contribution in [0.1, 0.15) is 47.2 Å². The number of carboxylic acids is 1. The molecule has 0 fully saturated rings. The van der Waals surface area contributed by atoms with Gasteiger partial charge < -0.3 is 10.4 Å². The second-order valence-electron chi connectivity index (χ2n) is 10.3. The molecule has 0 aliphatic heterocycles. The van der Waals surface area contributed by atoms with Gasteiger partial charge in [0.1, 0.15) is 18.0 Å². The number of benzene rings is 2. The first kappa shape index (κ1) is 33.3. The fourth-order valence-corrected chi connectivity index (χ4v) is 5.30. The number of halogens is 5. The molecular formula is C31H35F5N2O3S. The Morgan fingerprint density at radius 1 is 1.14 bits per heavy atom. The van der Waals surface area contributed by atoms with E-state index < -0.39 is 42.5 Å². The SMILES string of the molecule is CSCC[C@H](NC(=O)c1ccc(CN(CCCC(F)(F)F)CC2=CC(F)CC(F)=C2)cc1-c1ccccc1C)C(=O)O. The number of thioether (sulfide) groups is 1. The zero-order chi connectivity index (χ0) is 30.9. The van der Waals surface area contributed by atoms with Gasteiger partial charge in [-0.25, -0.2) is 13.6 Å². The van der Waals surface area contributed by atoms with Gasteiger partial charge in [0.15, 0.2) is 0 Å². The molecule has 0 bridgehead atoms. The maximum atomic E-state index is 14.0. The molecule has 1 amide bonds. The number of amides is 1. The third-order valence-corrected chi connectivity index (χ3v) is 7.50. The molecule has 5 nitrogen and oxygen atoms in total. The van der Waals surface area contributed by atoms with Crippen molar-refractivity contribution in [2.45, 2.75) is 57.5 Å². The molecule has 3 rings (SSSR count). The Labute approximate surface area is 246 Å². The molecule has 2 aromatic carbocycles. The number of nitrogens with one attached hydrogen (secondary N) is 1. The third kappa shape index (κ3) is 10.3. The summed E-state index contributed by atoms with van der Waals surface area (Å²) in [7, 11) is 0. The summed E-state index contributed by atoms with van der Waals surface area (Å²) < 4.78 is 66.6. The Kier molecular flexibility index (Phi) is 12.2. The van der Waals surface area contributed by atoms with Crippen LogP contribution in [-0.4, -0.2) is 65.4 Å². The normalized spacial score (nSPS) is 16.1. The van der Waals surface area contributed by atoms with E-state index in [1.165, 1.54) is 23.9 Å². The van der Waals surface area contributed by atoms with Crippen molar-refractivity contribution in [1.82, 2.24) is 10.2 Å². The van der Waals surface area contributed by atoms with Crippen LogP contribution >= 0.6 is 11.8 Å². The minimum Gasteiger partial charge on any atom is -0.480 e. The predicted octanol–water partition coefficient (Wildman–Crippen LogP) is 7.26. The first-order chi connectivity index (χ1) is 19.9. The highest BCUT2D eigenvalue weighted by Crippen LogP contribution is 2.30. The second-order valence-corrected chi connectivity index (χ2v) is 11.3. The van der Waals surface area contributed by atoms with E-state index >= 15 is 0 Å². The summed E-state index contributed by atoms with van der Waals surface area (Å²) in [4.78, 5) is 26.8. The quantitative estimate of drug-likeness (QED) is 0.220. The highest BCUT2D eigenvalue weighted by Gasteiger charge is 2.27. The Balaban J connectivity index is 1.94. The molecule has 42 heavy (non-hydrogen) atoms. The summed E-state index contributed by atoms with van der Waals surface area (Å²) in [5, 5.41) is 12.2. The van der Waals surface area contributed by atoms with Gasteiger partial charge in [-0.1, -0.05) is 30.3 Å². The van der Waals surface area contributed by atoms with E-state index in [0.717, 1.165) is 11.1 Å². The second kappa shape index (κ2) is 15.3. The van der Waals surface area contributed by atoms with Crippen LogP contribution in [0, 0.1) is 6.92 Å². The van der Waals surface area contributed by atoms with Crippen LogP contribution in [0.2, 0.25) is 0 Å². The van der Waals surface area contributed by atoms with Gasteiger partial charge in [-0.05, 0) is 90.4 Å². The number of hydrogen-bond acceptors (Lipinski definition) is 4. The van der Waals surface area contributed by atoms with Crippen molar-refractivity contribution in [2.75, 3.05) is 25.1 Å². The lowest BCUT2D eigenvalue weighted by atomic mass is 9.93. The molecule has 11 heteroatoms. The molecule has 0 radical (unpaired) electrons. The molecule has 228 valence electrons. The number of aryl methyl sites for hydroxylation is 1. The monoisotopic (exact) mass is 610 g/mol. The van der Waals surface area contributed by atoms with Gasteiger partial charge in [0.05, 0.1) is 0 Å². The van der Waals surface area contributed by atoms with Crippen molar-refractivity contribution in [1.29, 1.82) is 0 Å². The van der Waals surface area contributed by atoms with Gasteiger partial charge in [0, 0.05) is 31.5 Å². The van der Waals surface area contributed by atoms with E-state index in [1.54, 1.807) is 23.1 Å². The topological polar surface area (TPSA) is 69.6 Å². The van der Waals surface area contributed by atoms with Crippen LogP contribution in [-0.2, 0) is 11.3 Å². The van der Waals surface area contributed by atoms with Crippen molar-refractivity contribution >= 4 is 23.6 Å². The highest BCUT2D eigenvalue weighted by atomic mass is 32.2. The highest BCUT2D eigenvalue weighted by molar-refractivity contribution is 7.98. The molecule has 1 aliphatic carbocycles. The number of nitrogens with zero attached hydrogens (tertiary/aromatic N) is 1. The van der Waals surface area contributed by atoms with E-state index in [4.69, 9.17) is 0 Å². The van der Waals surface area contributed by atoms with Gasteiger partial charge in [-0.2, -0.15) is 24.9 Å². The zero-order valence-corrected chi connectivity index (χ0v) is 24.3. The molecule has 1 aliphatic rings. The van der Waals surface area contributed by atoms with Crippen LogP contribution in [0.15, 0.2) is 66.0 Å².